The van der Waals surface area contributed by atoms with Crippen molar-refractivity contribution in [1.29, 1.82) is 0 Å². The summed E-state index contributed by atoms with van der Waals surface area (Å²) in [5.41, 5.74) is 5.75. The van der Waals surface area contributed by atoms with Gasteiger partial charge in [-0.2, -0.15) is 0 Å². The Bertz CT molecular complexity index is 346. The van der Waals surface area contributed by atoms with Gasteiger partial charge in [0.25, 0.3) is 0 Å². The highest BCUT2D eigenvalue weighted by molar-refractivity contribution is 5.79. The highest BCUT2D eigenvalue weighted by atomic mass is 16.2. The molecular formula is C17H31N3O. The Morgan fingerprint density at radius 2 is 1.67 bits per heavy atom. The highest BCUT2D eigenvalue weighted by Gasteiger charge is 2.35. The normalized spacial score (nSPS) is 35.1. The molecule has 1 saturated carbocycles. The zero-order valence-corrected chi connectivity index (χ0v) is 13.3. The quantitative estimate of drug-likeness (QED) is 0.864. The molecule has 0 aromatic heterocycles. The molecule has 0 radical (unpaired) electrons. The molecule has 0 aromatic rings. The zero-order valence-electron chi connectivity index (χ0n) is 13.3. The van der Waals surface area contributed by atoms with Crippen LogP contribution in [0.25, 0.3) is 0 Å². The Hall–Kier alpha value is -0.610. The molecule has 3 rings (SSSR count). The Morgan fingerprint density at radius 3 is 2.33 bits per heavy atom. The smallest absolute Gasteiger partial charge is 0.225 e. The topological polar surface area (TPSA) is 49.6 Å². The van der Waals surface area contributed by atoms with Gasteiger partial charge in [0, 0.05) is 25.0 Å². The monoisotopic (exact) mass is 293 g/mol. The van der Waals surface area contributed by atoms with Crippen LogP contribution in [0.3, 0.4) is 0 Å². The van der Waals surface area contributed by atoms with Gasteiger partial charge >= 0.3 is 0 Å². The lowest BCUT2D eigenvalue weighted by Gasteiger charge is -2.33. The number of rotatable bonds is 3. The summed E-state index contributed by atoms with van der Waals surface area (Å²) in [5.74, 6) is 1.38. The summed E-state index contributed by atoms with van der Waals surface area (Å²) in [6.07, 6.45) is 9.67. The van der Waals surface area contributed by atoms with Gasteiger partial charge in [0.1, 0.15) is 0 Å². The van der Waals surface area contributed by atoms with E-state index in [1.807, 2.05) is 0 Å². The fourth-order valence-electron chi connectivity index (χ4n) is 4.43. The Morgan fingerprint density at radius 1 is 0.952 bits per heavy atom. The number of carbonyl (C=O) groups is 1. The van der Waals surface area contributed by atoms with E-state index >= 15 is 0 Å². The summed E-state index contributed by atoms with van der Waals surface area (Å²) in [7, 11) is 0. The second-order valence-corrected chi connectivity index (χ2v) is 7.28. The van der Waals surface area contributed by atoms with Crippen LogP contribution >= 0.6 is 0 Å². The largest absolute Gasteiger partial charge is 0.341 e. The minimum atomic E-state index is 0.285. The molecule has 0 spiro atoms. The first-order chi connectivity index (χ1) is 10.3. The fourth-order valence-corrected chi connectivity index (χ4v) is 4.43. The van der Waals surface area contributed by atoms with Crippen LogP contribution in [0.5, 0.6) is 0 Å². The van der Waals surface area contributed by atoms with E-state index in [9.17, 15) is 4.79 Å². The van der Waals surface area contributed by atoms with Crippen molar-refractivity contribution in [3.05, 3.63) is 0 Å². The van der Waals surface area contributed by atoms with Crippen LogP contribution in [0.2, 0.25) is 0 Å². The standard InChI is InChI=1S/C17H31N3O/c18-12-14-4-6-15(7-5-14)17(21)20-11-8-16(13-20)19-9-2-1-3-10-19/h14-16H,1-13,18H2. The van der Waals surface area contributed by atoms with Crippen molar-refractivity contribution in [3.63, 3.8) is 0 Å². The molecular weight excluding hydrogens is 262 g/mol. The van der Waals surface area contributed by atoms with Gasteiger partial charge in [-0.1, -0.05) is 6.42 Å². The summed E-state index contributed by atoms with van der Waals surface area (Å²) in [6.45, 7) is 5.25. The van der Waals surface area contributed by atoms with Crippen molar-refractivity contribution in [2.45, 2.75) is 57.4 Å². The maximum atomic E-state index is 12.7. The number of amides is 1. The van der Waals surface area contributed by atoms with Crippen LogP contribution < -0.4 is 5.73 Å². The van der Waals surface area contributed by atoms with Crippen LogP contribution in [0.4, 0.5) is 0 Å². The molecule has 2 aliphatic heterocycles. The fraction of sp³-hybridized carbons (Fsp3) is 0.941. The molecule has 0 bridgehead atoms. The van der Waals surface area contributed by atoms with E-state index in [0.717, 1.165) is 45.3 Å². The number of hydrogen-bond donors (Lipinski definition) is 1. The molecule has 1 aliphatic carbocycles. The molecule has 2 heterocycles. The van der Waals surface area contributed by atoms with Gasteiger partial charge in [-0.25, -0.2) is 0 Å². The average Bonchev–Trinajstić information content (AvgIpc) is 3.05. The first-order valence-corrected chi connectivity index (χ1v) is 9.01. The molecule has 0 aromatic carbocycles. The molecule has 4 heteroatoms. The number of nitrogens with two attached hydrogens (primary N) is 1. The third-order valence-corrected chi connectivity index (χ3v) is 5.91. The summed E-state index contributed by atoms with van der Waals surface area (Å²) < 4.78 is 0. The van der Waals surface area contributed by atoms with Crippen molar-refractivity contribution >= 4 is 5.91 Å². The Balaban J connectivity index is 1.48. The number of nitrogens with zero attached hydrogens (tertiary/aromatic N) is 2. The molecule has 21 heavy (non-hydrogen) atoms. The highest BCUT2D eigenvalue weighted by Crippen LogP contribution is 2.31. The van der Waals surface area contributed by atoms with Crippen LogP contribution in [0.15, 0.2) is 0 Å². The predicted molar refractivity (Wildman–Crippen MR) is 84.9 cm³/mol. The van der Waals surface area contributed by atoms with Crippen LogP contribution in [0, 0.1) is 11.8 Å². The van der Waals surface area contributed by atoms with Crippen molar-refractivity contribution in [1.82, 2.24) is 9.80 Å². The molecule has 3 aliphatic rings. The number of likely N-dealkylation sites (tertiary alicyclic amines) is 2. The van der Waals surface area contributed by atoms with E-state index < -0.39 is 0 Å². The molecule has 1 unspecified atom stereocenters. The molecule has 4 nitrogen and oxygen atoms in total. The Kier molecular flexibility index (Phi) is 5.17. The number of hydrogen-bond acceptors (Lipinski definition) is 3. The lowest BCUT2D eigenvalue weighted by Crippen LogP contribution is -2.43. The maximum Gasteiger partial charge on any atom is 0.225 e. The van der Waals surface area contributed by atoms with E-state index in [1.165, 1.54) is 38.8 Å². The van der Waals surface area contributed by atoms with E-state index in [1.54, 1.807) is 0 Å². The van der Waals surface area contributed by atoms with Crippen molar-refractivity contribution in [2.75, 3.05) is 32.7 Å². The second-order valence-electron chi connectivity index (χ2n) is 7.28. The van der Waals surface area contributed by atoms with Gasteiger partial charge in [0.15, 0.2) is 0 Å². The van der Waals surface area contributed by atoms with Gasteiger partial charge in [-0.15, -0.1) is 0 Å². The molecule has 2 saturated heterocycles. The maximum absolute atomic E-state index is 12.7. The van der Waals surface area contributed by atoms with E-state index in [-0.39, 0.29) is 5.92 Å². The minimum Gasteiger partial charge on any atom is -0.341 e. The summed E-state index contributed by atoms with van der Waals surface area (Å²) in [6, 6.07) is 0.634. The van der Waals surface area contributed by atoms with E-state index in [0.29, 0.717) is 17.9 Å². The van der Waals surface area contributed by atoms with Gasteiger partial charge in [-0.05, 0) is 70.5 Å². The number of piperidine rings is 1. The molecule has 2 N–H and O–H groups in total. The van der Waals surface area contributed by atoms with E-state index in [2.05, 4.69) is 9.80 Å². The summed E-state index contributed by atoms with van der Waals surface area (Å²) in [4.78, 5) is 17.5. The minimum absolute atomic E-state index is 0.285. The van der Waals surface area contributed by atoms with E-state index in [4.69, 9.17) is 5.73 Å². The lowest BCUT2D eigenvalue weighted by molar-refractivity contribution is -0.136. The molecule has 1 atom stereocenters. The summed E-state index contributed by atoms with van der Waals surface area (Å²) >= 11 is 0. The third kappa shape index (κ3) is 3.59. The SMILES string of the molecule is NCC1CCC(C(=O)N2CCC(N3CCCCC3)C2)CC1. The Labute approximate surface area is 129 Å². The average molecular weight is 293 g/mol. The number of carbonyl (C=O) groups excluding carboxylic acids is 1. The van der Waals surface area contributed by atoms with Crippen molar-refractivity contribution < 1.29 is 4.79 Å². The van der Waals surface area contributed by atoms with Gasteiger partial charge in [-0.3, -0.25) is 9.69 Å². The van der Waals surface area contributed by atoms with Gasteiger partial charge in [0.2, 0.25) is 5.91 Å². The first kappa shape index (κ1) is 15.3. The summed E-state index contributed by atoms with van der Waals surface area (Å²) in [5, 5.41) is 0. The van der Waals surface area contributed by atoms with Crippen LogP contribution in [-0.4, -0.2) is 54.5 Å². The van der Waals surface area contributed by atoms with Crippen molar-refractivity contribution in [2.24, 2.45) is 17.6 Å². The van der Waals surface area contributed by atoms with Crippen LogP contribution in [0.1, 0.15) is 51.4 Å². The zero-order chi connectivity index (χ0) is 14.7. The molecule has 120 valence electrons. The third-order valence-electron chi connectivity index (χ3n) is 5.91. The van der Waals surface area contributed by atoms with Gasteiger partial charge in [0.05, 0.1) is 0 Å². The lowest BCUT2D eigenvalue weighted by atomic mass is 9.81. The van der Waals surface area contributed by atoms with Crippen LogP contribution in [-0.2, 0) is 4.79 Å². The molecule has 3 fully saturated rings. The van der Waals surface area contributed by atoms with Crippen molar-refractivity contribution in [3.8, 4) is 0 Å². The predicted octanol–water partition coefficient (Wildman–Crippen LogP) is 1.84. The molecule has 1 amide bonds. The first-order valence-electron chi connectivity index (χ1n) is 9.01. The van der Waals surface area contributed by atoms with Gasteiger partial charge < -0.3 is 10.6 Å². The second kappa shape index (κ2) is 7.10.